The molecule has 1 aliphatic heterocycles. The summed E-state index contributed by atoms with van der Waals surface area (Å²) >= 11 is 1.49. The molecule has 138 valence electrons. The predicted octanol–water partition coefficient (Wildman–Crippen LogP) is 2.51. The molecule has 0 radical (unpaired) electrons. The largest absolute Gasteiger partial charge is 0.482 e. The van der Waals surface area contributed by atoms with Crippen LogP contribution in [0.2, 0.25) is 0 Å². The van der Waals surface area contributed by atoms with Gasteiger partial charge in [-0.3, -0.25) is 14.5 Å². The first-order valence-electron chi connectivity index (χ1n) is 8.38. The third kappa shape index (κ3) is 4.39. The maximum Gasteiger partial charge on any atom is 0.326 e. The van der Waals surface area contributed by atoms with Crippen molar-refractivity contribution in [1.82, 2.24) is 4.98 Å². The van der Waals surface area contributed by atoms with Gasteiger partial charge in [0.15, 0.2) is 6.61 Å². The number of anilines is 1. The van der Waals surface area contributed by atoms with Gasteiger partial charge in [0.25, 0.3) is 5.91 Å². The average molecular weight is 376 g/mol. The van der Waals surface area contributed by atoms with Crippen molar-refractivity contribution in [3.05, 3.63) is 29.1 Å². The van der Waals surface area contributed by atoms with Crippen LogP contribution >= 0.6 is 11.3 Å². The van der Waals surface area contributed by atoms with Crippen LogP contribution in [0.3, 0.4) is 0 Å². The first-order valence-corrected chi connectivity index (χ1v) is 9.32. The molecule has 0 saturated carbocycles. The Labute approximate surface area is 155 Å². The van der Waals surface area contributed by atoms with E-state index in [-0.39, 0.29) is 25.7 Å². The van der Waals surface area contributed by atoms with Crippen LogP contribution in [0.4, 0.5) is 5.69 Å². The SMILES string of the molecule is CCCOCCOC(=O)CN1C(=O)COc2ccc(-c3cscn3)cc21. The first kappa shape index (κ1) is 18.3. The highest BCUT2D eigenvalue weighted by atomic mass is 32.1. The Morgan fingerprint density at radius 3 is 3.00 bits per heavy atom. The number of thiazole rings is 1. The third-order valence-corrected chi connectivity index (χ3v) is 4.34. The van der Waals surface area contributed by atoms with Crippen molar-refractivity contribution in [3.8, 4) is 17.0 Å². The number of fused-ring (bicyclic) bond motifs is 1. The van der Waals surface area contributed by atoms with Gasteiger partial charge in [0, 0.05) is 17.6 Å². The molecule has 3 rings (SSSR count). The fraction of sp³-hybridized carbons (Fsp3) is 0.389. The van der Waals surface area contributed by atoms with E-state index in [1.165, 1.54) is 16.2 Å². The summed E-state index contributed by atoms with van der Waals surface area (Å²) < 4.78 is 15.9. The molecule has 0 spiro atoms. The quantitative estimate of drug-likeness (QED) is 0.520. The van der Waals surface area contributed by atoms with E-state index in [0.717, 1.165) is 17.7 Å². The zero-order valence-electron chi connectivity index (χ0n) is 14.5. The van der Waals surface area contributed by atoms with Crippen molar-refractivity contribution >= 4 is 28.9 Å². The lowest BCUT2D eigenvalue weighted by atomic mass is 10.1. The lowest BCUT2D eigenvalue weighted by molar-refractivity contribution is -0.144. The number of benzene rings is 1. The summed E-state index contributed by atoms with van der Waals surface area (Å²) in [6.45, 7) is 2.89. The molecule has 0 fully saturated rings. The van der Waals surface area contributed by atoms with Crippen LogP contribution in [0, 0.1) is 0 Å². The highest BCUT2D eigenvalue weighted by Gasteiger charge is 2.28. The van der Waals surface area contributed by atoms with Crippen molar-refractivity contribution in [3.63, 3.8) is 0 Å². The van der Waals surface area contributed by atoms with E-state index in [1.807, 2.05) is 18.4 Å². The molecule has 1 aromatic carbocycles. The molecule has 2 aromatic rings. The topological polar surface area (TPSA) is 78.0 Å². The summed E-state index contributed by atoms with van der Waals surface area (Å²) in [4.78, 5) is 30.0. The van der Waals surface area contributed by atoms with Crippen molar-refractivity contribution in [2.45, 2.75) is 13.3 Å². The Kier molecular flexibility index (Phi) is 6.19. The van der Waals surface area contributed by atoms with Crippen LogP contribution in [0.15, 0.2) is 29.1 Å². The van der Waals surface area contributed by atoms with E-state index < -0.39 is 5.97 Å². The minimum absolute atomic E-state index is 0.101. The summed E-state index contributed by atoms with van der Waals surface area (Å²) in [5.41, 5.74) is 3.96. The van der Waals surface area contributed by atoms with Gasteiger partial charge in [0.2, 0.25) is 0 Å². The van der Waals surface area contributed by atoms with Gasteiger partial charge in [-0.15, -0.1) is 11.3 Å². The maximum absolute atomic E-state index is 12.3. The molecule has 0 N–H and O–H groups in total. The van der Waals surface area contributed by atoms with E-state index in [9.17, 15) is 9.59 Å². The molecular weight excluding hydrogens is 356 g/mol. The van der Waals surface area contributed by atoms with Crippen LogP contribution in [0.1, 0.15) is 13.3 Å². The predicted molar refractivity (Wildman–Crippen MR) is 97.5 cm³/mol. The minimum Gasteiger partial charge on any atom is -0.482 e. The highest BCUT2D eigenvalue weighted by molar-refractivity contribution is 7.07. The van der Waals surface area contributed by atoms with Gasteiger partial charge in [-0.25, -0.2) is 4.98 Å². The fourth-order valence-electron chi connectivity index (χ4n) is 2.53. The van der Waals surface area contributed by atoms with Crippen molar-refractivity contribution < 1.29 is 23.8 Å². The zero-order valence-corrected chi connectivity index (χ0v) is 15.3. The summed E-state index contributed by atoms with van der Waals surface area (Å²) in [6, 6.07) is 5.47. The number of carbonyl (C=O) groups is 2. The van der Waals surface area contributed by atoms with E-state index in [4.69, 9.17) is 14.2 Å². The second kappa shape index (κ2) is 8.77. The first-order chi connectivity index (χ1) is 12.7. The van der Waals surface area contributed by atoms with Gasteiger partial charge in [0.1, 0.15) is 18.9 Å². The molecular formula is C18H20N2O5S. The monoisotopic (exact) mass is 376 g/mol. The number of nitrogens with zero attached hydrogens (tertiary/aromatic N) is 2. The molecule has 1 aromatic heterocycles. The summed E-state index contributed by atoms with van der Waals surface area (Å²) in [5, 5.41) is 1.92. The molecule has 0 bridgehead atoms. The van der Waals surface area contributed by atoms with Crippen LogP contribution in [0.5, 0.6) is 5.75 Å². The van der Waals surface area contributed by atoms with Gasteiger partial charge >= 0.3 is 5.97 Å². The molecule has 1 aliphatic rings. The Morgan fingerprint density at radius 1 is 1.35 bits per heavy atom. The Hall–Kier alpha value is -2.45. The van der Waals surface area contributed by atoms with Gasteiger partial charge < -0.3 is 14.2 Å². The van der Waals surface area contributed by atoms with Gasteiger partial charge in [0.05, 0.1) is 23.5 Å². The number of hydrogen-bond donors (Lipinski definition) is 0. The zero-order chi connectivity index (χ0) is 18.4. The molecule has 0 unspecified atom stereocenters. The maximum atomic E-state index is 12.3. The van der Waals surface area contributed by atoms with Gasteiger partial charge in [-0.1, -0.05) is 6.92 Å². The summed E-state index contributed by atoms with van der Waals surface area (Å²) in [5.74, 6) is -0.208. The molecule has 8 heteroatoms. The van der Waals surface area contributed by atoms with Crippen LogP contribution in [0.25, 0.3) is 11.3 Å². The van der Waals surface area contributed by atoms with E-state index in [0.29, 0.717) is 24.7 Å². The van der Waals surface area contributed by atoms with E-state index in [1.54, 1.807) is 17.6 Å². The second-order valence-electron chi connectivity index (χ2n) is 5.66. The highest BCUT2D eigenvalue weighted by Crippen LogP contribution is 2.35. The number of carbonyl (C=O) groups excluding carboxylic acids is 2. The lowest BCUT2D eigenvalue weighted by Gasteiger charge is -2.29. The number of ether oxygens (including phenoxy) is 3. The van der Waals surface area contributed by atoms with Gasteiger partial charge in [-0.05, 0) is 24.6 Å². The average Bonchev–Trinajstić information content (AvgIpc) is 3.18. The molecule has 2 heterocycles. The smallest absolute Gasteiger partial charge is 0.326 e. The molecule has 0 aliphatic carbocycles. The number of esters is 1. The van der Waals surface area contributed by atoms with Gasteiger partial charge in [-0.2, -0.15) is 0 Å². The van der Waals surface area contributed by atoms with Crippen LogP contribution < -0.4 is 9.64 Å². The number of rotatable bonds is 8. The molecule has 26 heavy (non-hydrogen) atoms. The number of aromatic nitrogens is 1. The third-order valence-electron chi connectivity index (χ3n) is 3.76. The minimum atomic E-state index is -0.481. The molecule has 1 amide bonds. The fourth-order valence-corrected chi connectivity index (χ4v) is 3.09. The summed E-state index contributed by atoms with van der Waals surface area (Å²) in [6.07, 6.45) is 0.911. The van der Waals surface area contributed by atoms with Crippen molar-refractivity contribution in [2.75, 3.05) is 37.9 Å². The standard InChI is InChI=1S/C18H20N2O5S/c1-2-5-23-6-7-24-18(22)9-20-15-8-13(14-11-26-12-19-14)3-4-16(15)25-10-17(20)21/h3-4,8,11-12H,2,5-7,9-10H2,1H3. The van der Waals surface area contributed by atoms with E-state index >= 15 is 0 Å². The van der Waals surface area contributed by atoms with Crippen LogP contribution in [-0.4, -0.2) is 49.8 Å². The second-order valence-corrected chi connectivity index (χ2v) is 6.38. The van der Waals surface area contributed by atoms with Crippen molar-refractivity contribution in [2.24, 2.45) is 0 Å². The number of hydrogen-bond acceptors (Lipinski definition) is 7. The lowest BCUT2D eigenvalue weighted by Crippen LogP contribution is -2.42. The molecule has 0 saturated heterocycles. The van der Waals surface area contributed by atoms with Crippen LogP contribution in [-0.2, 0) is 19.1 Å². The Morgan fingerprint density at radius 2 is 2.23 bits per heavy atom. The Balaban J connectivity index is 1.69. The Bertz CT molecular complexity index is 763. The van der Waals surface area contributed by atoms with Crippen molar-refractivity contribution in [1.29, 1.82) is 0 Å². The molecule has 0 atom stereocenters. The summed E-state index contributed by atoms with van der Waals surface area (Å²) in [7, 11) is 0. The number of amides is 1. The van der Waals surface area contributed by atoms with E-state index in [2.05, 4.69) is 4.98 Å². The normalized spacial score (nSPS) is 13.3. The molecule has 7 nitrogen and oxygen atoms in total.